The van der Waals surface area contributed by atoms with Gasteiger partial charge >= 0.3 is 0 Å². The van der Waals surface area contributed by atoms with Crippen molar-refractivity contribution in [2.75, 3.05) is 5.32 Å². The number of hydrogen-bond acceptors (Lipinski definition) is 6. The number of benzene rings is 2. The number of rotatable bonds is 7. The Balaban J connectivity index is 1.83. The summed E-state index contributed by atoms with van der Waals surface area (Å²) < 4.78 is 0. The van der Waals surface area contributed by atoms with Crippen molar-refractivity contribution in [1.82, 2.24) is 5.43 Å². The van der Waals surface area contributed by atoms with Gasteiger partial charge in [0.25, 0.3) is 5.69 Å². The number of aryl methyl sites for hydroxylation is 1. The van der Waals surface area contributed by atoms with Gasteiger partial charge in [-0.1, -0.05) is 30.0 Å². The zero-order valence-corrected chi connectivity index (χ0v) is 14.5. The first-order chi connectivity index (χ1) is 12.9. The molecule has 0 aliphatic carbocycles. The number of nitrogens with one attached hydrogen (secondary N) is 2. The molecule has 0 unspecified atom stereocenters. The van der Waals surface area contributed by atoms with Crippen LogP contribution >= 0.6 is 0 Å². The fourth-order valence-corrected chi connectivity index (χ4v) is 2.13. The van der Waals surface area contributed by atoms with Gasteiger partial charge < -0.3 is 10.4 Å². The number of non-ortho nitro benzene ring substituents is 1. The Bertz CT molecular complexity index is 895. The zero-order valence-electron chi connectivity index (χ0n) is 14.5. The van der Waals surface area contributed by atoms with E-state index in [-0.39, 0.29) is 30.0 Å². The van der Waals surface area contributed by atoms with E-state index in [0.717, 1.165) is 30.0 Å². The molecule has 2 N–H and O–H groups in total. The second-order valence-electron chi connectivity index (χ2n) is 5.64. The van der Waals surface area contributed by atoms with Crippen molar-refractivity contribution in [3.63, 3.8) is 0 Å². The molecule has 0 aromatic heterocycles. The highest BCUT2D eigenvalue weighted by Gasteiger charge is 2.08. The Kier molecular flexibility index (Phi) is 6.59. The maximum Gasteiger partial charge on any atom is 0.270 e. The summed E-state index contributed by atoms with van der Waals surface area (Å²) in [6.07, 6.45) is 0.883. The Morgan fingerprint density at radius 3 is 2.56 bits per heavy atom. The molecule has 0 fully saturated rings. The van der Waals surface area contributed by atoms with Crippen molar-refractivity contribution in [3.8, 4) is 5.75 Å². The summed E-state index contributed by atoms with van der Waals surface area (Å²) in [4.78, 5) is 33.7. The molecule has 0 atom stereocenters. The van der Waals surface area contributed by atoms with Crippen LogP contribution < -0.4 is 15.8 Å². The number of amides is 2. The maximum absolute atomic E-state index is 11.9. The predicted octanol–water partition coefficient (Wildman–Crippen LogP) is 1.85. The van der Waals surface area contributed by atoms with E-state index in [4.69, 9.17) is 0 Å². The molecule has 0 heterocycles. The molecule has 0 saturated carbocycles. The van der Waals surface area contributed by atoms with Crippen molar-refractivity contribution >= 4 is 29.4 Å². The van der Waals surface area contributed by atoms with Gasteiger partial charge in [-0.3, -0.25) is 19.7 Å². The van der Waals surface area contributed by atoms with E-state index in [1.807, 2.05) is 19.1 Å². The number of carbonyl (C=O) groups excluding carboxylic acids is 2. The zero-order chi connectivity index (χ0) is 19.8. The topological polar surface area (TPSA) is 137 Å². The number of nitro groups is 1. The number of hydrazone groups is 1. The van der Waals surface area contributed by atoms with Crippen molar-refractivity contribution < 1.29 is 19.6 Å². The van der Waals surface area contributed by atoms with Crippen LogP contribution in [0.3, 0.4) is 0 Å². The van der Waals surface area contributed by atoms with Crippen molar-refractivity contribution in [2.24, 2.45) is 5.10 Å². The summed E-state index contributed by atoms with van der Waals surface area (Å²) in [5.74, 6) is -1.30. The number of nitro benzene ring substituents is 1. The van der Waals surface area contributed by atoms with Crippen molar-refractivity contribution in [2.45, 2.75) is 19.8 Å². The Labute approximate surface area is 154 Å². The molecular weight excluding hydrogens is 352 g/mol. The maximum atomic E-state index is 11.9. The lowest BCUT2D eigenvalue weighted by atomic mass is 10.2. The Morgan fingerprint density at radius 2 is 1.85 bits per heavy atom. The van der Waals surface area contributed by atoms with Crippen LogP contribution in [-0.4, -0.2) is 23.0 Å². The minimum atomic E-state index is -0.636. The third-order valence-electron chi connectivity index (χ3n) is 3.60. The van der Waals surface area contributed by atoms with Gasteiger partial charge in [0.2, 0.25) is 11.8 Å². The van der Waals surface area contributed by atoms with Gasteiger partial charge in [0, 0.05) is 30.7 Å². The van der Waals surface area contributed by atoms with Crippen LogP contribution in [0.5, 0.6) is 5.75 Å². The monoisotopic (exact) mass is 369 g/mol. The first-order valence-electron chi connectivity index (χ1n) is 7.99. The molecule has 0 aliphatic rings. The number of carbonyl (C=O) groups is 2. The van der Waals surface area contributed by atoms with Crippen LogP contribution in [0.25, 0.3) is 0 Å². The molecule has 2 rings (SSSR count). The molecule has 0 spiro atoms. The summed E-state index contributed by atoms with van der Waals surface area (Å²) in [5.41, 5.74) is 3.48. The van der Waals surface area contributed by atoms with Crippen LogP contribution in [0.1, 0.15) is 24.0 Å². The third kappa shape index (κ3) is 5.92. The van der Waals surface area contributed by atoms with Gasteiger partial charge in [-0.15, -0.1) is 0 Å². The van der Waals surface area contributed by atoms with E-state index in [9.17, 15) is 24.8 Å². The molecule has 0 saturated heterocycles. The summed E-state index contributed by atoms with van der Waals surface area (Å²) in [7, 11) is 0. The molecule has 0 aliphatic heterocycles. The fraction of sp³-hybridized carbons (Fsp3) is 0.167. The lowest BCUT2D eigenvalue weighted by Gasteiger charge is -2.09. The number of para-hydroxylation sites is 1. The number of nitrogens with zero attached hydrogens (tertiary/aromatic N) is 2. The van der Waals surface area contributed by atoms with Crippen LogP contribution in [0, 0.1) is 17.0 Å². The average Bonchev–Trinajstić information content (AvgIpc) is 2.63. The van der Waals surface area contributed by atoms with Gasteiger partial charge in [0.05, 0.1) is 11.1 Å². The minimum absolute atomic E-state index is 0.0261. The van der Waals surface area contributed by atoms with Gasteiger partial charge in [-0.25, -0.2) is 5.43 Å². The third-order valence-corrected chi connectivity index (χ3v) is 3.60. The van der Waals surface area contributed by atoms with Crippen LogP contribution in [0.2, 0.25) is 0 Å². The SMILES string of the molecule is Cc1ccccc1NC(=O)CCC(=O)N/N=C\c1cc([N+](=O)[O-])ccc1[O-]. The molecular formula is C18H17N4O5-. The molecule has 2 amide bonds. The average molecular weight is 369 g/mol. The Morgan fingerprint density at radius 1 is 1.15 bits per heavy atom. The molecule has 0 bridgehead atoms. The van der Waals surface area contributed by atoms with E-state index in [1.165, 1.54) is 0 Å². The first kappa shape index (κ1) is 19.6. The highest BCUT2D eigenvalue weighted by Crippen LogP contribution is 2.19. The van der Waals surface area contributed by atoms with Gasteiger partial charge in [-0.2, -0.15) is 5.10 Å². The standard InChI is InChI=1S/C18H18N4O5/c1-12-4-2-3-5-15(12)20-17(24)8-9-18(25)21-19-11-13-10-14(22(26)27)6-7-16(13)23/h2-7,10-11,23H,8-9H2,1H3,(H,20,24)(H,21,25)/p-1/b19-11-. The van der Waals surface area contributed by atoms with E-state index < -0.39 is 16.6 Å². The lowest BCUT2D eigenvalue weighted by Crippen LogP contribution is -2.21. The van der Waals surface area contributed by atoms with Gasteiger partial charge in [0.1, 0.15) is 0 Å². The molecule has 27 heavy (non-hydrogen) atoms. The molecule has 140 valence electrons. The molecule has 2 aromatic rings. The summed E-state index contributed by atoms with van der Waals surface area (Å²) in [6.45, 7) is 1.86. The van der Waals surface area contributed by atoms with Crippen LogP contribution in [0.4, 0.5) is 11.4 Å². The van der Waals surface area contributed by atoms with Crippen molar-refractivity contribution in [1.29, 1.82) is 0 Å². The van der Waals surface area contributed by atoms with Crippen LogP contribution in [0.15, 0.2) is 47.6 Å². The fourth-order valence-electron chi connectivity index (χ4n) is 2.13. The summed E-state index contributed by atoms with van der Waals surface area (Å²) in [5, 5.41) is 28.6. The normalized spacial score (nSPS) is 10.6. The first-order valence-corrected chi connectivity index (χ1v) is 7.99. The number of anilines is 1. The highest BCUT2D eigenvalue weighted by molar-refractivity contribution is 5.94. The molecule has 9 heteroatoms. The number of hydrogen-bond donors (Lipinski definition) is 2. The van der Waals surface area contributed by atoms with E-state index in [2.05, 4.69) is 15.8 Å². The lowest BCUT2D eigenvalue weighted by molar-refractivity contribution is -0.385. The van der Waals surface area contributed by atoms with Crippen LogP contribution in [-0.2, 0) is 9.59 Å². The largest absolute Gasteiger partial charge is 0.872 e. The molecule has 9 nitrogen and oxygen atoms in total. The van der Waals surface area contributed by atoms with E-state index >= 15 is 0 Å². The van der Waals surface area contributed by atoms with Gasteiger partial charge in [0.15, 0.2) is 0 Å². The smallest absolute Gasteiger partial charge is 0.270 e. The second kappa shape index (κ2) is 9.09. The predicted molar refractivity (Wildman–Crippen MR) is 97.3 cm³/mol. The second-order valence-corrected chi connectivity index (χ2v) is 5.64. The van der Waals surface area contributed by atoms with Gasteiger partial charge in [-0.05, 0) is 24.1 Å². The molecule has 2 aromatic carbocycles. The van der Waals surface area contributed by atoms with E-state index in [0.29, 0.717) is 5.69 Å². The van der Waals surface area contributed by atoms with E-state index in [1.54, 1.807) is 12.1 Å². The summed E-state index contributed by atoms with van der Waals surface area (Å²) in [6, 6.07) is 10.5. The highest BCUT2D eigenvalue weighted by atomic mass is 16.6. The minimum Gasteiger partial charge on any atom is -0.872 e. The van der Waals surface area contributed by atoms with Crippen molar-refractivity contribution in [3.05, 3.63) is 63.7 Å². The molecule has 0 radical (unpaired) electrons. The Hall–Kier alpha value is -3.75. The summed E-state index contributed by atoms with van der Waals surface area (Å²) >= 11 is 0. The quantitative estimate of drug-likeness (QED) is 0.436.